The molecule has 2 heterocycles. The third-order valence-corrected chi connectivity index (χ3v) is 3.42. The second kappa shape index (κ2) is 5.51. The molecule has 0 N–H and O–H groups in total. The third kappa shape index (κ3) is 2.40. The number of carbonyl (C=O) groups is 1. The molecule has 0 aliphatic carbocycles. The molecule has 1 aliphatic heterocycles. The molecule has 0 spiro atoms. The van der Waals surface area contributed by atoms with Crippen molar-refractivity contribution in [2.24, 2.45) is 0 Å². The molecule has 0 aromatic carbocycles. The Hall–Kier alpha value is -1.37. The summed E-state index contributed by atoms with van der Waals surface area (Å²) in [6.07, 6.45) is 3.30. The summed E-state index contributed by atoms with van der Waals surface area (Å²) in [6, 6.07) is -0.305. The molecule has 1 atom stereocenters. The summed E-state index contributed by atoms with van der Waals surface area (Å²) in [7, 11) is 2.93. The fourth-order valence-corrected chi connectivity index (χ4v) is 2.36. The van der Waals surface area contributed by atoms with Crippen LogP contribution in [-0.4, -0.2) is 42.7 Å². The van der Waals surface area contributed by atoms with Crippen LogP contribution in [0.4, 0.5) is 5.95 Å². The first-order valence-electron chi connectivity index (χ1n) is 5.58. The van der Waals surface area contributed by atoms with E-state index in [2.05, 4.69) is 25.9 Å². The Morgan fingerprint density at radius 2 is 2.33 bits per heavy atom. The van der Waals surface area contributed by atoms with Crippen LogP contribution in [0.2, 0.25) is 0 Å². The summed E-state index contributed by atoms with van der Waals surface area (Å²) in [5.41, 5.74) is 0. The first-order valence-corrected chi connectivity index (χ1v) is 6.37. The quantitative estimate of drug-likeness (QED) is 0.785. The number of aromatic nitrogens is 2. The van der Waals surface area contributed by atoms with Crippen molar-refractivity contribution in [3.8, 4) is 5.88 Å². The lowest BCUT2D eigenvalue weighted by Crippen LogP contribution is -2.37. The van der Waals surface area contributed by atoms with Crippen LogP contribution in [-0.2, 0) is 9.53 Å². The highest BCUT2D eigenvalue weighted by atomic mass is 79.9. The highest BCUT2D eigenvalue weighted by Crippen LogP contribution is 2.27. The van der Waals surface area contributed by atoms with Gasteiger partial charge in [0, 0.05) is 6.54 Å². The minimum absolute atomic E-state index is 0.252. The van der Waals surface area contributed by atoms with Crippen molar-refractivity contribution < 1.29 is 14.3 Å². The third-order valence-electron chi connectivity index (χ3n) is 2.88. The van der Waals surface area contributed by atoms with Gasteiger partial charge < -0.3 is 14.4 Å². The lowest BCUT2D eigenvalue weighted by molar-refractivity contribution is -0.141. The van der Waals surface area contributed by atoms with E-state index in [1.54, 1.807) is 13.3 Å². The number of halogens is 1. The van der Waals surface area contributed by atoms with E-state index in [9.17, 15) is 4.79 Å². The van der Waals surface area contributed by atoms with E-state index in [0.29, 0.717) is 16.3 Å². The molecule has 0 saturated carbocycles. The molecule has 18 heavy (non-hydrogen) atoms. The Labute approximate surface area is 113 Å². The molecule has 1 aromatic heterocycles. The normalized spacial score (nSPS) is 18.8. The van der Waals surface area contributed by atoms with Crippen molar-refractivity contribution in [2.75, 3.05) is 25.7 Å². The van der Waals surface area contributed by atoms with E-state index < -0.39 is 0 Å². The van der Waals surface area contributed by atoms with Gasteiger partial charge in [-0.15, -0.1) is 0 Å². The van der Waals surface area contributed by atoms with Gasteiger partial charge in [0.05, 0.1) is 24.9 Å². The largest absolute Gasteiger partial charge is 0.480 e. The number of carbonyl (C=O) groups excluding carboxylic acids is 1. The zero-order chi connectivity index (χ0) is 13.1. The van der Waals surface area contributed by atoms with Gasteiger partial charge in [-0.1, -0.05) is 0 Å². The second-order valence-electron chi connectivity index (χ2n) is 3.90. The molecular formula is C11H14BrN3O3. The van der Waals surface area contributed by atoms with Crippen molar-refractivity contribution in [1.29, 1.82) is 0 Å². The average Bonchev–Trinajstić information content (AvgIpc) is 2.87. The molecule has 98 valence electrons. The molecule has 0 radical (unpaired) electrons. The van der Waals surface area contributed by atoms with Gasteiger partial charge in [-0.3, -0.25) is 0 Å². The van der Waals surface area contributed by atoms with Crippen LogP contribution in [0.1, 0.15) is 12.8 Å². The predicted octanol–water partition coefficient (Wildman–Crippen LogP) is 1.39. The van der Waals surface area contributed by atoms with Crippen molar-refractivity contribution in [2.45, 2.75) is 18.9 Å². The average molecular weight is 316 g/mol. The highest BCUT2D eigenvalue weighted by molar-refractivity contribution is 9.10. The maximum atomic E-state index is 11.7. The minimum atomic E-state index is -0.305. The SMILES string of the molecule is COC(=O)C1CCCN1c1ncc(Br)c(OC)n1. The molecule has 0 bridgehead atoms. The molecule has 6 nitrogen and oxygen atoms in total. The molecule has 1 aliphatic rings. The van der Waals surface area contributed by atoms with Gasteiger partial charge in [-0.25, -0.2) is 9.78 Å². The second-order valence-corrected chi connectivity index (χ2v) is 4.76. The lowest BCUT2D eigenvalue weighted by Gasteiger charge is -2.22. The predicted molar refractivity (Wildman–Crippen MR) is 68.7 cm³/mol. The van der Waals surface area contributed by atoms with Crippen LogP contribution >= 0.6 is 15.9 Å². The number of methoxy groups -OCH3 is 2. The zero-order valence-corrected chi connectivity index (χ0v) is 11.8. The Bertz CT molecular complexity index is 455. The van der Waals surface area contributed by atoms with E-state index >= 15 is 0 Å². The highest BCUT2D eigenvalue weighted by Gasteiger charge is 2.33. The summed E-state index contributed by atoms with van der Waals surface area (Å²) >= 11 is 3.30. The summed E-state index contributed by atoms with van der Waals surface area (Å²) in [6.45, 7) is 0.741. The molecule has 1 unspecified atom stereocenters. The van der Waals surface area contributed by atoms with E-state index in [1.165, 1.54) is 7.11 Å². The fraction of sp³-hybridized carbons (Fsp3) is 0.545. The smallest absolute Gasteiger partial charge is 0.328 e. The van der Waals surface area contributed by atoms with Gasteiger partial charge in [0.1, 0.15) is 6.04 Å². The van der Waals surface area contributed by atoms with Gasteiger partial charge in [0.2, 0.25) is 11.8 Å². The first kappa shape index (κ1) is 13.1. The summed E-state index contributed by atoms with van der Waals surface area (Å²) in [5, 5.41) is 0. The topological polar surface area (TPSA) is 64.5 Å². The number of nitrogens with zero attached hydrogens (tertiary/aromatic N) is 3. The van der Waals surface area contributed by atoms with Crippen LogP contribution in [0.5, 0.6) is 5.88 Å². The monoisotopic (exact) mass is 315 g/mol. The van der Waals surface area contributed by atoms with Crippen LogP contribution < -0.4 is 9.64 Å². The summed E-state index contributed by atoms with van der Waals surface area (Å²) in [5.74, 6) is 0.691. The van der Waals surface area contributed by atoms with Gasteiger partial charge in [-0.05, 0) is 28.8 Å². The first-order chi connectivity index (χ1) is 8.67. The number of anilines is 1. The van der Waals surface area contributed by atoms with Crippen LogP contribution in [0, 0.1) is 0 Å². The maximum Gasteiger partial charge on any atom is 0.328 e. The van der Waals surface area contributed by atoms with Crippen LogP contribution in [0.25, 0.3) is 0 Å². The summed E-state index contributed by atoms with van der Waals surface area (Å²) in [4.78, 5) is 22.0. The molecule has 1 saturated heterocycles. The van der Waals surface area contributed by atoms with E-state index in [1.807, 2.05) is 4.90 Å². The van der Waals surface area contributed by atoms with Crippen LogP contribution in [0.15, 0.2) is 10.7 Å². The van der Waals surface area contributed by atoms with Crippen molar-refractivity contribution in [3.63, 3.8) is 0 Å². The molecule has 1 aromatic rings. The summed E-state index contributed by atoms with van der Waals surface area (Å²) < 4.78 is 10.6. The lowest BCUT2D eigenvalue weighted by atomic mass is 10.2. The van der Waals surface area contributed by atoms with E-state index in [4.69, 9.17) is 9.47 Å². The van der Waals surface area contributed by atoms with Gasteiger partial charge in [0.25, 0.3) is 0 Å². The van der Waals surface area contributed by atoms with Crippen molar-refractivity contribution in [3.05, 3.63) is 10.7 Å². The Balaban J connectivity index is 2.27. The molecule has 2 rings (SSSR count). The maximum absolute atomic E-state index is 11.7. The Morgan fingerprint density at radius 3 is 3.00 bits per heavy atom. The fourth-order valence-electron chi connectivity index (χ4n) is 2.01. The van der Waals surface area contributed by atoms with E-state index in [0.717, 1.165) is 19.4 Å². The van der Waals surface area contributed by atoms with Gasteiger partial charge in [0.15, 0.2) is 0 Å². The van der Waals surface area contributed by atoms with Gasteiger partial charge in [-0.2, -0.15) is 4.98 Å². The Morgan fingerprint density at radius 1 is 1.56 bits per heavy atom. The number of esters is 1. The molecule has 7 heteroatoms. The molecule has 0 amide bonds. The van der Waals surface area contributed by atoms with E-state index in [-0.39, 0.29) is 12.0 Å². The van der Waals surface area contributed by atoms with Crippen molar-refractivity contribution >= 4 is 27.8 Å². The Kier molecular flexibility index (Phi) is 4.00. The number of ether oxygens (including phenoxy) is 2. The standard InChI is InChI=1S/C11H14BrN3O3/c1-17-9-7(12)6-13-11(14-9)15-5-3-4-8(15)10(16)18-2/h6,8H,3-5H2,1-2H3. The van der Waals surface area contributed by atoms with Gasteiger partial charge >= 0.3 is 5.97 Å². The molecule has 1 fully saturated rings. The number of rotatable bonds is 3. The van der Waals surface area contributed by atoms with Crippen molar-refractivity contribution in [1.82, 2.24) is 9.97 Å². The zero-order valence-electron chi connectivity index (χ0n) is 10.2. The van der Waals surface area contributed by atoms with Crippen LogP contribution in [0.3, 0.4) is 0 Å². The molecular weight excluding hydrogens is 302 g/mol. The minimum Gasteiger partial charge on any atom is -0.480 e. The number of hydrogen-bond acceptors (Lipinski definition) is 6. The number of hydrogen-bond donors (Lipinski definition) is 0.